The van der Waals surface area contributed by atoms with Crippen molar-refractivity contribution in [2.24, 2.45) is 5.16 Å². The maximum absolute atomic E-state index is 9.92. The van der Waals surface area contributed by atoms with Crippen LogP contribution in [0.4, 0.5) is 0 Å². The van der Waals surface area contributed by atoms with Crippen LogP contribution in [-0.2, 0) is 15.2 Å². The summed E-state index contributed by atoms with van der Waals surface area (Å²) in [6.07, 6.45) is -0.370. The molecular weight excluding hydrogens is 390 g/mol. The molecule has 3 atom stereocenters. The van der Waals surface area contributed by atoms with E-state index < -0.39 is 11.8 Å². The van der Waals surface area contributed by atoms with E-state index in [9.17, 15) is 5.21 Å². The van der Waals surface area contributed by atoms with Crippen LogP contribution in [0.5, 0.6) is 0 Å². The summed E-state index contributed by atoms with van der Waals surface area (Å²) >= 11 is 0. The summed E-state index contributed by atoms with van der Waals surface area (Å²) < 4.78 is 17.3. The molecule has 0 radical (unpaired) electrons. The van der Waals surface area contributed by atoms with Crippen LogP contribution in [0.1, 0.15) is 19.6 Å². The van der Waals surface area contributed by atoms with Crippen molar-refractivity contribution in [1.29, 1.82) is 0 Å². The minimum atomic E-state index is -0.880. The molecule has 5 aromatic rings. The largest absolute Gasteiger partial charge is 0.411 e. The number of hydrogen-bond donors (Lipinski definition) is 1. The second-order valence-corrected chi connectivity index (χ2v) is 8.64. The Hall–Kier alpha value is -3.35. The summed E-state index contributed by atoms with van der Waals surface area (Å²) in [5, 5.41) is 18.3. The molecule has 3 aromatic carbocycles. The molecule has 6 nitrogen and oxygen atoms in total. The lowest BCUT2D eigenvalue weighted by Crippen LogP contribution is -2.54. The number of ether oxygens (including phenoxy) is 2. The smallest absolute Gasteiger partial charge is 0.177 e. The second-order valence-electron chi connectivity index (χ2n) is 8.64. The maximum atomic E-state index is 9.92. The van der Waals surface area contributed by atoms with Gasteiger partial charge in [0.1, 0.15) is 12.3 Å². The van der Waals surface area contributed by atoms with Crippen LogP contribution in [0.2, 0.25) is 0 Å². The van der Waals surface area contributed by atoms with E-state index in [0.717, 1.165) is 22.1 Å². The van der Waals surface area contributed by atoms with Gasteiger partial charge in [0.05, 0.1) is 27.8 Å². The van der Waals surface area contributed by atoms with E-state index in [-0.39, 0.29) is 6.23 Å². The molecule has 4 heterocycles. The lowest BCUT2D eigenvalue weighted by Gasteiger charge is -2.44. The Bertz CT molecular complexity index is 1580. The number of rotatable bonds is 1. The fourth-order valence-electron chi connectivity index (χ4n) is 6.03. The van der Waals surface area contributed by atoms with Gasteiger partial charge in [0, 0.05) is 35.1 Å². The summed E-state index contributed by atoms with van der Waals surface area (Å²) in [6, 6.07) is 21.3. The summed E-state index contributed by atoms with van der Waals surface area (Å²) in [5.74, 6) is 0. The number of fused-ring (bicyclic) bond motifs is 10. The summed E-state index contributed by atoms with van der Waals surface area (Å²) in [5.41, 5.74) is 4.18. The van der Waals surface area contributed by atoms with Crippen molar-refractivity contribution in [3.63, 3.8) is 0 Å². The molecule has 2 aliphatic rings. The normalized spacial score (nSPS) is 26.6. The standard InChI is InChI=1S/C25H21N3O3/c1-25-24(30-2)18(26-29)13-21(31-25)27-19-9-5-3-7-14(19)16-11-12-17-15-8-4-6-10-20(15)28(25)23(17)22(16)27/h3-12,21,24,29H,13H2,1-2H3/b26-18+/t21-,24-,25+/m1/s1. The Labute approximate surface area is 177 Å². The maximum Gasteiger partial charge on any atom is 0.177 e. The number of para-hydroxylation sites is 2. The minimum Gasteiger partial charge on any atom is -0.411 e. The first-order valence-electron chi connectivity index (χ1n) is 10.5. The predicted octanol–water partition coefficient (Wildman–Crippen LogP) is 5.35. The van der Waals surface area contributed by atoms with Crippen LogP contribution in [0.15, 0.2) is 65.8 Å². The van der Waals surface area contributed by atoms with Gasteiger partial charge in [-0.05, 0) is 19.1 Å². The number of aromatic nitrogens is 2. The zero-order valence-corrected chi connectivity index (χ0v) is 17.2. The van der Waals surface area contributed by atoms with Gasteiger partial charge in [-0.2, -0.15) is 0 Å². The molecule has 0 spiro atoms. The van der Waals surface area contributed by atoms with Crippen molar-refractivity contribution < 1.29 is 14.7 Å². The Morgan fingerprint density at radius 3 is 2.29 bits per heavy atom. The first kappa shape index (κ1) is 17.3. The van der Waals surface area contributed by atoms with Crippen molar-refractivity contribution in [1.82, 2.24) is 9.13 Å². The van der Waals surface area contributed by atoms with Crippen LogP contribution in [0, 0.1) is 0 Å². The highest BCUT2D eigenvalue weighted by Gasteiger charge is 2.51. The molecule has 0 saturated carbocycles. The highest BCUT2D eigenvalue weighted by Crippen LogP contribution is 2.50. The number of methoxy groups -OCH3 is 1. The van der Waals surface area contributed by atoms with Crippen LogP contribution in [0.3, 0.4) is 0 Å². The van der Waals surface area contributed by atoms with Gasteiger partial charge in [0.15, 0.2) is 5.72 Å². The lowest BCUT2D eigenvalue weighted by molar-refractivity contribution is -0.211. The molecule has 1 fully saturated rings. The van der Waals surface area contributed by atoms with Gasteiger partial charge in [0.25, 0.3) is 0 Å². The van der Waals surface area contributed by atoms with E-state index in [4.69, 9.17) is 9.47 Å². The third-order valence-electron chi connectivity index (χ3n) is 7.15. The molecule has 0 unspecified atom stereocenters. The molecule has 1 saturated heterocycles. The number of benzene rings is 3. The van der Waals surface area contributed by atoms with Gasteiger partial charge in [-0.3, -0.25) is 0 Å². The zero-order valence-electron chi connectivity index (χ0n) is 17.2. The Kier molecular flexibility index (Phi) is 3.17. The van der Waals surface area contributed by atoms with Crippen molar-refractivity contribution in [2.75, 3.05) is 7.11 Å². The molecule has 154 valence electrons. The molecule has 6 heteroatoms. The van der Waals surface area contributed by atoms with Crippen molar-refractivity contribution in [2.45, 2.75) is 31.4 Å². The average molecular weight is 411 g/mol. The van der Waals surface area contributed by atoms with Gasteiger partial charge in [-0.25, -0.2) is 0 Å². The molecule has 1 N–H and O–H groups in total. The average Bonchev–Trinajstić information content (AvgIpc) is 3.29. The van der Waals surface area contributed by atoms with E-state index in [1.54, 1.807) is 7.11 Å². The SMILES string of the molecule is CO[C@@H]1/C(=N/O)C[C@H]2O[C@]1(C)n1c3ccccc3c3ccc4c5ccccc5n2c4c31. The Morgan fingerprint density at radius 1 is 0.935 bits per heavy atom. The van der Waals surface area contributed by atoms with Crippen LogP contribution in [0.25, 0.3) is 43.6 Å². The van der Waals surface area contributed by atoms with E-state index in [2.05, 4.69) is 75.0 Å². The molecule has 2 bridgehead atoms. The second kappa shape index (κ2) is 5.66. The van der Waals surface area contributed by atoms with Crippen molar-refractivity contribution >= 4 is 49.3 Å². The Balaban J connectivity index is 1.80. The molecule has 0 amide bonds. The number of oxime groups is 1. The van der Waals surface area contributed by atoms with Crippen LogP contribution >= 0.6 is 0 Å². The lowest BCUT2D eigenvalue weighted by atomic mass is 9.96. The molecule has 0 aliphatic carbocycles. The predicted molar refractivity (Wildman–Crippen MR) is 121 cm³/mol. The highest BCUT2D eigenvalue weighted by atomic mass is 16.6. The van der Waals surface area contributed by atoms with E-state index in [1.807, 2.05) is 6.92 Å². The van der Waals surface area contributed by atoms with Gasteiger partial charge in [0.2, 0.25) is 0 Å². The fraction of sp³-hybridized carbons (Fsp3) is 0.240. The first-order chi connectivity index (χ1) is 15.2. The first-order valence-corrected chi connectivity index (χ1v) is 10.5. The molecular formula is C25H21N3O3. The topological polar surface area (TPSA) is 60.9 Å². The van der Waals surface area contributed by atoms with Crippen LogP contribution < -0.4 is 0 Å². The fourth-order valence-corrected chi connectivity index (χ4v) is 6.03. The highest BCUT2D eigenvalue weighted by molar-refractivity contribution is 6.23. The number of nitrogens with zero attached hydrogens (tertiary/aromatic N) is 3. The van der Waals surface area contributed by atoms with Crippen LogP contribution in [-0.4, -0.2) is 33.3 Å². The third kappa shape index (κ3) is 1.89. The molecule has 2 aromatic heterocycles. The summed E-state index contributed by atoms with van der Waals surface area (Å²) in [6.45, 7) is 2.04. The van der Waals surface area contributed by atoms with Gasteiger partial charge in [-0.1, -0.05) is 53.7 Å². The minimum absolute atomic E-state index is 0.311. The summed E-state index contributed by atoms with van der Waals surface area (Å²) in [7, 11) is 1.65. The van der Waals surface area contributed by atoms with Crippen molar-refractivity contribution in [3.05, 3.63) is 60.7 Å². The zero-order chi connectivity index (χ0) is 20.9. The van der Waals surface area contributed by atoms with Crippen molar-refractivity contribution in [3.8, 4) is 0 Å². The van der Waals surface area contributed by atoms with Gasteiger partial charge < -0.3 is 23.8 Å². The Morgan fingerprint density at radius 2 is 1.58 bits per heavy atom. The molecule has 31 heavy (non-hydrogen) atoms. The summed E-state index contributed by atoms with van der Waals surface area (Å²) in [4.78, 5) is 0. The van der Waals surface area contributed by atoms with Gasteiger partial charge in [-0.15, -0.1) is 0 Å². The van der Waals surface area contributed by atoms with Gasteiger partial charge >= 0.3 is 0 Å². The van der Waals surface area contributed by atoms with E-state index in [1.165, 1.54) is 21.5 Å². The quantitative estimate of drug-likeness (QED) is 0.299. The number of hydrogen-bond acceptors (Lipinski definition) is 4. The molecule has 2 aliphatic heterocycles. The molecule has 7 rings (SSSR count). The van der Waals surface area contributed by atoms with E-state index in [0.29, 0.717) is 12.1 Å². The van der Waals surface area contributed by atoms with E-state index >= 15 is 0 Å². The third-order valence-corrected chi connectivity index (χ3v) is 7.15. The monoisotopic (exact) mass is 411 g/mol.